The lowest BCUT2D eigenvalue weighted by Crippen LogP contribution is -2.38. The third-order valence-electron chi connectivity index (χ3n) is 3.56. The van der Waals surface area contributed by atoms with E-state index in [9.17, 15) is 9.59 Å². The van der Waals surface area contributed by atoms with E-state index < -0.39 is 12.1 Å². The monoisotopic (exact) mass is 364 g/mol. The molecule has 2 aromatic rings. The summed E-state index contributed by atoms with van der Waals surface area (Å²) in [4.78, 5) is 27.2. The Morgan fingerprint density at radius 2 is 2.20 bits per heavy atom. The van der Waals surface area contributed by atoms with E-state index >= 15 is 0 Å². The van der Waals surface area contributed by atoms with Crippen molar-refractivity contribution in [1.82, 2.24) is 10.3 Å². The van der Waals surface area contributed by atoms with Crippen molar-refractivity contribution in [2.45, 2.75) is 12.5 Å². The second-order valence-electron chi connectivity index (χ2n) is 5.26. The molecular formula is C16H16N2O6S. The van der Waals surface area contributed by atoms with Gasteiger partial charge in [0.2, 0.25) is 12.7 Å². The Labute approximate surface area is 147 Å². The molecule has 3 rings (SSSR count). The van der Waals surface area contributed by atoms with Crippen LogP contribution in [0.5, 0.6) is 11.5 Å². The molecule has 0 fully saturated rings. The standard InChI is InChI=1S/C16H16N2O6S/c1-22-13(16(20)21)6-17-14(19)5-10-7-25-15(18-10)9-2-3-11-12(4-9)24-8-23-11/h2-4,7,13H,5-6,8H2,1H3,(H,17,19)(H,20,21). The molecule has 1 unspecified atom stereocenters. The van der Waals surface area contributed by atoms with Gasteiger partial charge in [-0.25, -0.2) is 9.78 Å². The number of carbonyl (C=O) groups excluding carboxylic acids is 1. The summed E-state index contributed by atoms with van der Waals surface area (Å²) in [6.45, 7) is 0.116. The van der Waals surface area contributed by atoms with Crippen molar-refractivity contribution < 1.29 is 28.9 Å². The lowest BCUT2D eigenvalue weighted by molar-refractivity contribution is -0.148. The van der Waals surface area contributed by atoms with E-state index in [1.807, 2.05) is 18.2 Å². The van der Waals surface area contributed by atoms with Crippen LogP contribution in [-0.4, -0.2) is 48.5 Å². The van der Waals surface area contributed by atoms with E-state index in [0.29, 0.717) is 17.2 Å². The molecule has 132 valence electrons. The SMILES string of the molecule is COC(CNC(=O)Cc1csc(-c2ccc3c(c2)OCO3)n1)C(=O)O. The Morgan fingerprint density at radius 3 is 2.96 bits per heavy atom. The minimum Gasteiger partial charge on any atom is -0.479 e. The van der Waals surface area contributed by atoms with Crippen molar-refractivity contribution >= 4 is 23.2 Å². The topological polar surface area (TPSA) is 107 Å². The largest absolute Gasteiger partial charge is 0.479 e. The lowest BCUT2D eigenvalue weighted by atomic mass is 10.2. The van der Waals surface area contributed by atoms with Crippen LogP contribution >= 0.6 is 11.3 Å². The molecule has 8 nitrogen and oxygen atoms in total. The fourth-order valence-corrected chi connectivity index (χ4v) is 3.07. The van der Waals surface area contributed by atoms with Crippen molar-refractivity contribution in [3.05, 3.63) is 29.3 Å². The number of carboxylic acid groups (broad SMARTS) is 1. The van der Waals surface area contributed by atoms with Gasteiger partial charge in [0.15, 0.2) is 17.6 Å². The Hall–Kier alpha value is -2.65. The van der Waals surface area contributed by atoms with Crippen LogP contribution in [0.15, 0.2) is 23.6 Å². The summed E-state index contributed by atoms with van der Waals surface area (Å²) in [6.07, 6.45) is -1.000. The maximum absolute atomic E-state index is 11.9. The van der Waals surface area contributed by atoms with Gasteiger partial charge in [-0.1, -0.05) is 0 Å². The lowest BCUT2D eigenvalue weighted by Gasteiger charge is -2.10. The number of nitrogens with one attached hydrogen (secondary N) is 1. The summed E-state index contributed by atoms with van der Waals surface area (Å²) in [7, 11) is 1.28. The van der Waals surface area contributed by atoms with E-state index in [2.05, 4.69) is 10.3 Å². The molecule has 1 aromatic carbocycles. The highest BCUT2D eigenvalue weighted by molar-refractivity contribution is 7.13. The van der Waals surface area contributed by atoms with Gasteiger partial charge < -0.3 is 24.6 Å². The van der Waals surface area contributed by atoms with Crippen LogP contribution in [0.3, 0.4) is 0 Å². The van der Waals surface area contributed by atoms with Crippen molar-refractivity contribution in [3.63, 3.8) is 0 Å². The average Bonchev–Trinajstić information content (AvgIpc) is 3.23. The zero-order valence-corrected chi connectivity index (χ0v) is 14.2. The number of fused-ring (bicyclic) bond motifs is 1. The second-order valence-corrected chi connectivity index (χ2v) is 6.11. The fraction of sp³-hybridized carbons (Fsp3) is 0.312. The molecule has 0 spiro atoms. The molecule has 0 aliphatic carbocycles. The molecule has 0 bridgehead atoms. The number of carboxylic acids is 1. The number of hydrogen-bond donors (Lipinski definition) is 2. The van der Waals surface area contributed by atoms with Gasteiger partial charge in [-0.3, -0.25) is 4.79 Å². The summed E-state index contributed by atoms with van der Waals surface area (Å²) < 4.78 is 15.4. The van der Waals surface area contributed by atoms with Crippen molar-refractivity contribution in [3.8, 4) is 22.1 Å². The minimum atomic E-state index is -1.12. The highest BCUT2D eigenvalue weighted by Crippen LogP contribution is 2.36. The Morgan fingerprint density at radius 1 is 1.40 bits per heavy atom. The minimum absolute atomic E-state index is 0.0666. The number of hydrogen-bond acceptors (Lipinski definition) is 7. The van der Waals surface area contributed by atoms with Crippen LogP contribution in [-0.2, 0) is 20.7 Å². The second kappa shape index (κ2) is 7.49. The van der Waals surface area contributed by atoms with Crippen LogP contribution in [0.2, 0.25) is 0 Å². The van der Waals surface area contributed by atoms with Gasteiger partial charge in [-0.05, 0) is 18.2 Å². The van der Waals surface area contributed by atoms with Gasteiger partial charge in [0.05, 0.1) is 18.7 Å². The number of thiazole rings is 1. The molecule has 2 heterocycles. The summed E-state index contributed by atoms with van der Waals surface area (Å²) in [5.41, 5.74) is 1.49. The number of rotatable bonds is 7. The third-order valence-corrected chi connectivity index (χ3v) is 4.50. The van der Waals surface area contributed by atoms with Crippen LogP contribution in [0, 0.1) is 0 Å². The molecule has 0 saturated heterocycles. The maximum atomic E-state index is 11.9. The van der Waals surface area contributed by atoms with Crippen LogP contribution < -0.4 is 14.8 Å². The number of nitrogens with zero attached hydrogens (tertiary/aromatic N) is 1. The Kier molecular flexibility index (Phi) is 5.15. The third kappa shape index (κ3) is 4.06. The molecular weight excluding hydrogens is 348 g/mol. The highest BCUT2D eigenvalue weighted by atomic mass is 32.1. The summed E-state index contributed by atoms with van der Waals surface area (Å²) >= 11 is 1.42. The first-order valence-corrected chi connectivity index (χ1v) is 8.31. The zero-order chi connectivity index (χ0) is 17.8. The molecule has 1 amide bonds. The molecule has 1 atom stereocenters. The van der Waals surface area contributed by atoms with Crippen molar-refractivity contribution in [1.29, 1.82) is 0 Å². The number of methoxy groups -OCH3 is 1. The van der Waals surface area contributed by atoms with Gasteiger partial charge in [0.25, 0.3) is 0 Å². The van der Waals surface area contributed by atoms with Crippen LogP contribution in [0.25, 0.3) is 10.6 Å². The van der Waals surface area contributed by atoms with Gasteiger partial charge in [0, 0.05) is 18.1 Å². The van der Waals surface area contributed by atoms with Gasteiger partial charge >= 0.3 is 5.97 Å². The first-order chi connectivity index (χ1) is 12.1. The average molecular weight is 364 g/mol. The van der Waals surface area contributed by atoms with E-state index in [1.54, 1.807) is 5.38 Å². The molecule has 1 aromatic heterocycles. The van der Waals surface area contributed by atoms with Crippen molar-refractivity contribution in [2.75, 3.05) is 20.4 Å². The number of aromatic nitrogens is 1. The van der Waals surface area contributed by atoms with Crippen LogP contribution in [0.4, 0.5) is 0 Å². The molecule has 25 heavy (non-hydrogen) atoms. The van der Waals surface area contributed by atoms with E-state index in [0.717, 1.165) is 10.6 Å². The number of ether oxygens (including phenoxy) is 3. The molecule has 0 saturated carbocycles. The summed E-state index contributed by atoms with van der Waals surface area (Å²) in [6, 6.07) is 5.55. The maximum Gasteiger partial charge on any atom is 0.334 e. The number of carbonyl (C=O) groups is 2. The Balaban J connectivity index is 1.60. The van der Waals surface area contributed by atoms with E-state index in [-0.39, 0.29) is 25.7 Å². The molecule has 1 aliphatic rings. The quantitative estimate of drug-likeness (QED) is 0.762. The van der Waals surface area contributed by atoms with E-state index in [4.69, 9.17) is 19.3 Å². The van der Waals surface area contributed by atoms with Gasteiger partial charge in [0.1, 0.15) is 5.01 Å². The predicted molar refractivity (Wildman–Crippen MR) is 88.8 cm³/mol. The van der Waals surface area contributed by atoms with Gasteiger partial charge in [-0.15, -0.1) is 11.3 Å². The van der Waals surface area contributed by atoms with Gasteiger partial charge in [-0.2, -0.15) is 0 Å². The molecule has 2 N–H and O–H groups in total. The zero-order valence-electron chi connectivity index (χ0n) is 13.4. The number of aliphatic carboxylic acids is 1. The van der Waals surface area contributed by atoms with Crippen LogP contribution in [0.1, 0.15) is 5.69 Å². The van der Waals surface area contributed by atoms with Crippen molar-refractivity contribution in [2.24, 2.45) is 0 Å². The number of amides is 1. The Bertz CT molecular complexity index is 791. The fourth-order valence-electron chi connectivity index (χ4n) is 2.26. The van der Waals surface area contributed by atoms with E-state index in [1.165, 1.54) is 18.4 Å². The predicted octanol–water partition coefficient (Wildman–Crippen LogP) is 1.30. The summed E-state index contributed by atoms with van der Waals surface area (Å²) in [5, 5.41) is 14.0. The highest BCUT2D eigenvalue weighted by Gasteiger charge is 2.18. The first-order valence-electron chi connectivity index (χ1n) is 7.43. The summed E-state index contributed by atoms with van der Waals surface area (Å²) in [5.74, 6) is -0.0651. The first kappa shape index (κ1) is 17.2. The molecule has 1 aliphatic heterocycles. The molecule has 0 radical (unpaired) electrons. The number of benzene rings is 1. The smallest absolute Gasteiger partial charge is 0.334 e. The normalized spacial score (nSPS) is 13.5. The molecule has 9 heteroatoms.